The molecule has 128 valence electrons. The molecule has 0 heterocycles. The molecule has 0 saturated heterocycles. The van der Waals surface area contributed by atoms with E-state index in [2.05, 4.69) is 8.62 Å². The minimum Gasteiger partial charge on any atom is -0.563 e. The average molecular weight is 474 g/mol. The maximum atomic E-state index is 9.24. The Kier molecular flexibility index (Phi) is 22.0. The molecule has 11 nitrogen and oxygen atoms in total. The Balaban J connectivity index is -0.000000274. The zero-order chi connectivity index (χ0) is 18.4. The van der Waals surface area contributed by atoms with Gasteiger partial charge < -0.3 is 24.7 Å². The smallest absolute Gasteiger partial charge is 0.563 e. The van der Waals surface area contributed by atoms with Crippen molar-refractivity contribution in [1.29, 1.82) is 0 Å². The van der Waals surface area contributed by atoms with E-state index in [0.29, 0.717) is 0 Å². The molecule has 17 heteroatoms. The number of rotatable bonds is 5. The minimum atomic E-state index is -3.24. The van der Waals surface area contributed by atoms with Gasteiger partial charge in [0.25, 0.3) is 0 Å². The van der Waals surface area contributed by atoms with Gasteiger partial charge in [-0.05, 0) is 23.8 Å². The Morgan fingerprint density at radius 3 is 1.25 bits per heavy atom. The Labute approximate surface area is 159 Å². The first kappa shape index (κ1) is 29.1. The molecule has 1 aromatic rings. The molecule has 1 aromatic carbocycles. The number of hydrogen-bond donors (Lipinski definition) is 1. The minimum absolute atomic E-state index is 0. The molecule has 0 aliphatic heterocycles. The van der Waals surface area contributed by atoms with Crippen molar-refractivity contribution < 1.29 is 73.3 Å². The van der Waals surface area contributed by atoms with Crippen molar-refractivity contribution in [1.82, 2.24) is 0 Å². The second-order valence-electron chi connectivity index (χ2n) is 2.80. The number of alkyl halides is 1. The first-order chi connectivity index (χ1) is 10.6. The van der Waals surface area contributed by atoms with Gasteiger partial charge in [-0.2, -0.15) is 0 Å². The van der Waals surface area contributed by atoms with Crippen molar-refractivity contribution >= 4 is 44.6 Å². The van der Waals surface area contributed by atoms with E-state index in [-0.39, 0.29) is 21.7 Å². The van der Waals surface area contributed by atoms with Crippen LogP contribution < -0.4 is 19.6 Å². The van der Waals surface area contributed by atoms with Crippen molar-refractivity contribution in [2.24, 2.45) is 0 Å². The molecule has 0 saturated carbocycles. The van der Waals surface area contributed by atoms with Crippen LogP contribution in [-0.2, 0) is 48.6 Å². The topological polar surface area (TPSA) is 199 Å². The Morgan fingerprint density at radius 2 is 1.12 bits per heavy atom. The van der Waals surface area contributed by atoms with E-state index >= 15 is 0 Å². The summed E-state index contributed by atoms with van der Waals surface area (Å²) >= 11 is 5.36. The summed E-state index contributed by atoms with van der Waals surface area (Å²) in [6, 6.07) is 9.10. The van der Waals surface area contributed by atoms with Crippen molar-refractivity contribution in [2.45, 2.75) is 5.56 Å². The summed E-state index contributed by atoms with van der Waals surface area (Å²) in [4.78, 5) is 37.0. The molecule has 1 rings (SSSR count). The molecule has 24 heavy (non-hydrogen) atoms. The zero-order valence-corrected chi connectivity index (χ0v) is 17.1. The molecule has 0 aliphatic carbocycles. The summed E-state index contributed by atoms with van der Waals surface area (Å²) in [5, 5.41) is 8.79. The van der Waals surface area contributed by atoms with E-state index in [9.17, 15) is 37.8 Å². The average Bonchev–Trinajstić information content (AvgIpc) is 2.37. The summed E-state index contributed by atoms with van der Waals surface area (Å²) < 4.78 is 43.3. The van der Waals surface area contributed by atoms with Crippen LogP contribution in [0.5, 0.6) is 0 Å². The van der Waals surface area contributed by atoms with Crippen molar-refractivity contribution in [3.8, 4) is 0 Å². The van der Waals surface area contributed by atoms with E-state index in [0.717, 1.165) is 5.56 Å². The largest absolute Gasteiger partial charge is 4.00 e. The second kappa shape index (κ2) is 18.1. The number of hydrogen-bond acceptors (Lipinski definition) is 11. The van der Waals surface area contributed by atoms with Gasteiger partial charge in [-0.1, -0.05) is 41.9 Å². The third-order valence-corrected chi connectivity index (χ3v) is 3.73. The number of aliphatic hydroxyl groups excluding tert-OH is 1. The fourth-order valence-corrected chi connectivity index (χ4v) is 1.74. The molecule has 0 aliphatic rings. The van der Waals surface area contributed by atoms with E-state index in [1.54, 1.807) is 12.1 Å². The maximum Gasteiger partial charge on any atom is 4.00 e. The molecule has 0 radical (unpaired) electrons. The molecule has 0 bridgehead atoms. The van der Waals surface area contributed by atoms with Gasteiger partial charge in [0.05, 0.1) is 0 Å². The maximum absolute atomic E-state index is 9.24. The summed E-state index contributed by atoms with van der Waals surface area (Å²) in [6.07, 6.45) is 0. The molecule has 5 atom stereocenters. The van der Waals surface area contributed by atoms with Crippen LogP contribution in [0.25, 0.3) is 0 Å². The third kappa shape index (κ3) is 24.6. The van der Waals surface area contributed by atoms with Gasteiger partial charge in [0, 0.05) is 0 Å². The summed E-state index contributed by atoms with van der Waals surface area (Å²) in [7, 11) is -12.9. The summed E-state index contributed by atoms with van der Waals surface area (Å²) in [5.41, 5.74) is -0.134. The molecule has 0 spiro atoms. The molecule has 5 unspecified atom stereocenters. The predicted molar refractivity (Wildman–Crippen MR) is 69.9 cm³/mol. The first-order valence-electron chi connectivity index (χ1n) is 4.87. The fourth-order valence-electron chi connectivity index (χ4n) is 0.721. The van der Waals surface area contributed by atoms with Crippen LogP contribution >= 0.6 is 44.6 Å². The zero-order valence-electron chi connectivity index (χ0n) is 11.2. The van der Waals surface area contributed by atoms with Crippen LogP contribution in [0.15, 0.2) is 30.3 Å². The van der Waals surface area contributed by atoms with Crippen molar-refractivity contribution in [3.05, 3.63) is 35.9 Å². The molecule has 1 N–H and O–H groups in total. The van der Waals surface area contributed by atoms with Gasteiger partial charge in [0.2, 0.25) is 0 Å². The van der Waals surface area contributed by atoms with E-state index in [1.807, 2.05) is 18.2 Å². The number of halogens is 1. The second-order valence-corrected chi connectivity index (χ2v) is 6.31. The Bertz CT molecular complexity index is 480. The molecular formula is C7H7ClO11P4Ti+4. The van der Waals surface area contributed by atoms with E-state index < -0.39 is 38.6 Å². The standard InChI is InChI=1S/C7H7ClO.2O5P2.Ti/c8-7(9)6-4-2-1-3-5-6;2*1-6(2)5-7(3)4;/h1-5,7,9H;;;/q;;;+4. The number of aliphatic hydroxyl groups is 1. The van der Waals surface area contributed by atoms with Gasteiger partial charge >= 0.3 is 54.7 Å². The quantitative estimate of drug-likeness (QED) is 0.342. The van der Waals surface area contributed by atoms with Crippen LogP contribution in [0.3, 0.4) is 0 Å². The van der Waals surface area contributed by atoms with Gasteiger partial charge in [0.15, 0.2) is 5.56 Å². The van der Waals surface area contributed by atoms with Crippen LogP contribution in [0.2, 0.25) is 0 Å². The van der Waals surface area contributed by atoms with Crippen molar-refractivity contribution in [2.75, 3.05) is 0 Å². The molecule has 0 aromatic heterocycles. The molecular weight excluding hydrogens is 467 g/mol. The van der Waals surface area contributed by atoms with Crippen LogP contribution in [0.1, 0.15) is 11.1 Å². The SMILES string of the molecule is O=[P+]([O-])O[P+](=O)[O-].O=[P+]([O-])O[P+](=O)[O-].OC(Cl)c1ccccc1.[Ti+4]. The van der Waals surface area contributed by atoms with Gasteiger partial charge in [-0.25, -0.2) is 0 Å². The first-order valence-corrected chi connectivity index (χ1v) is 9.68. The summed E-state index contributed by atoms with van der Waals surface area (Å²) in [6.45, 7) is 0. The molecule has 0 amide bonds. The fraction of sp³-hybridized carbons (Fsp3) is 0.143. The van der Waals surface area contributed by atoms with Crippen LogP contribution in [0, 0.1) is 0 Å². The van der Waals surface area contributed by atoms with E-state index in [4.69, 9.17) is 16.7 Å². The van der Waals surface area contributed by atoms with Gasteiger partial charge in [-0.3, -0.25) is 0 Å². The number of benzene rings is 1. The van der Waals surface area contributed by atoms with Crippen LogP contribution in [0.4, 0.5) is 0 Å². The molecule has 0 fully saturated rings. The van der Waals surface area contributed by atoms with E-state index in [1.165, 1.54) is 0 Å². The van der Waals surface area contributed by atoms with Crippen LogP contribution in [-0.4, -0.2) is 5.11 Å². The van der Waals surface area contributed by atoms with Gasteiger partial charge in [0.1, 0.15) is 8.62 Å². The van der Waals surface area contributed by atoms with Gasteiger partial charge in [-0.15, -0.1) is 0 Å². The monoisotopic (exact) mass is 474 g/mol. The normalized spacial score (nSPS) is 12.8. The van der Waals surface area contributed by atoms with Crippen molar-refractivity contribution in [3.63, 3.8) is 0 Å². The Hall–Kier alpha value is 0.344. The third-order valence-electron chi connectivity index (χ3n) is 1.34. The Morgan fingerprint density at radius 1 is 0.833 bits per heavy atom. The predicted octanol–water partition coefficient (Wildman–Crippen LogP) is -0.00940. The summed E-state index contributed by atoms with van der Waals surface area (Å²) in [5.74, 6) is 0.